The van der Waals surface area contributed by atoms with Gasteiger partial charge in [-0.1, -0.05) is 66.7 Å². The maximum atomic E-state index is 12.2. The highest BCUT2D eigenvalue weighted by molar-refractivity contribution is 5.95. The maximum Gasteiger partial charge on any atom is 0.271 e. The van der Waals surface area contributed by atoms with Crippen LogP contribution in [0.1, 0.15) is 34.0 Å². The first-order chi connectivity index (χ1) is 17.7. The summed E-state index contributed by atoms with van der Waals surface area (Å²) in [7, 11) is 0. The van der Waals surface area contributed by atoms with Gasteiger partial charge >= 0.3 is 0 Å². The lowest BCUT2D eigenvalue weighted by atomic mass is 10.2. The van der Waals surface area contributed by atoms with E-state index in [1.54, 1.807) is 30.5 Å². The van der Waals surface area contributed by atoms with Crippen molar-refractivity contribution in [2.45, 2.75) is 20.1 Å². The van der Waals surface area contributed by atoms with Gasteiger partial charge in [0.25, 0.3) is 5.91 Å². The Bertz CT molecular complexity index is 1290. The summed E-state index contributed by atoms with van der Waals surface area (Å²) in [5.74, 6) is 1.74. The third kappa shape index (κ3) is 6.96. The van der Waals surface area contributed by atoms with Crippen molar-refractivity contribution in [3.05, 3.63) is 125 Å². The summed E-state index contributed by atoms with van der Waals surface area (Å²) >= 11 is 0. The minimum Gasteiger partial charge on any atom is -0.490 e. The van der Waals surface area contributed by atoms with Crippen molar-refractivity contribution in [3.63, 3.8) is 0 Å². The molecule has 0 atom stereocenters. The van der Waals surface area contributed by atoms with Crippen molar-refractivity contribution in [2.24, 2.45) is 5.10 Å². The third-order valence-corrected chi connectivity index (χ3v) is 5.26. The molecule has 0 aromatic heterocycles. The van der Waals surface area contributed by atoms with E-state index in [1.165, 1.54) is 0 Å². The van der Waals surface area contributed by atoms with Gasteiger partial charge in [0, 0.05) is 11.1 Å². The first-order valence-corrected chi connectivity index (χ1v) is 11.8. The molecule has 182 valence electrons. The van der Waals surface area contributed by atoms with Crippen molar-refractivity contribution < 1.29 is 19.0 Å². The predicted octanol–water partition coefficient (Wildman–Crippen LogP) is 6.01. The highest BCUT2D eigenvalue weighted by atomic mass is 16.5. The van der Waals surface area contributed by atoms with E-state index in [-0.39, 0.29) is 5.91 Å². The fourth-order valence-corrected chi connectivity index (χ4v) is 3.46. The lowest BCUT2D eigenvalue weighted by Crippen LogP contribution is -2.17. The van der Waals surface area contributed by atoms with Crippen molar-refractivity contribution in [1.82, 2.24) is 5.43 Å². The van der Waals surface area contributed by atoms with E-state index < -0.39 is 0 Å². The second kappa shape index (κ2) is 12.8. The van der Waals surface area contributed by atoms with Gasteiger partial charge in [-0.25, -0.2) is 5.43 Å². The fourth-order valence-electron chi connectivity index (χ4n) is 3.46. The van der Waals surface area contributed by atoms with Gasteiger partial charge in [0.15, 0.2) is 11.5 Å². The third-order valence-electron chi connectivity index (χ3n) is 5.26. The molecule has 4 rings (SSSR count). The number of hydrogen-bond acceptors (Lipinski definition) is 5. The van der Waals surface area contributed by atoms with Gasteiger partial charge < -0.3 is 14.2 Å². The summed E-state index contributed by atoms with van der Waals surface area (Å²) in [6.07, 6.45) is 1.57. The number of carbonyl (C=O) groups excluding carboxylic acids is 1. The molecule has 4 aromatic rings. The average molecular weight is 481 g/mol. The minimum atomic E-state index is -0.275. The number of nitrogens with one attached hydrogen (secondary N) is 1. The molecule has 0 spiro atoms. The molecule has 0 aliphatic rings. The van der Waals surface area contributed by atoms with Gasteiger partial charge in [-0.2, -0.15) is 5.10 Å². The van der Waals surface area contributed by atoms with Gasteiger partial charge in [0.2, 0.25) is 0 Å². The molecule has 1 amide bonds. The number of nitrogens with zero attached hydrogens (tertiary/aromatic N) is 1. The normalized spacial score (nSPS) is 10.7. The molecule has 0 aliphatic carbocycles. The molecule has 0 heterocycles. The van der Waals surface area contributed by atoms with E-state index in [1.807, 2.05) is 85.8 Å². The van der Waals surface area contributed by atoms with Crippen LogP contribution in [0.2, 0.25) is 0 Å². The number of benzene rings is 4. The molecule has 4 aromatic carbocycles. The van der Waals surface area contributed by atoms with E-state index in [0.717, 1.165) is 16.7 Å². The summed E-state index contributed by atoms with van der Waals surface area (Å²) in [6, 6.07) is 32.2. The van der Waals surface area contributed by atoms with Crippen LogP contribution < -0.4 is 19.6 Å². The summed E-state index contributed by atoms with van der Waals surface area (Å²) in [5.41, 5.74) is 5.86. The second-order valence-electron chi connectivity index (χ2n) is 7.88. The number of amides is 1. The van der Waals surface area contributed by atoms with Crippen LogP contribution in [0.5, 0.6) is 17.2 Å². The zero-order valence-corrected chi connectivity index (χ0v) is 20.1. The molecule has 0 radical (unpaired) electrons. The van der Waals surface area contributed by atoms with Crippen LogP contribution in [0, 0.1) is 0 Å². The van der Waals surface area contributed by atoms with Gasteiger partial charge in [-0.3, -0.25) is 4.79 Å². The van der Waals surface area contributed by atoms with E-state index in [9.17, 15) is 4.79 Å². The molecule has 0 aliphatic heterocycles. The Morgan fingerprint density at radius 3 is 2.17 bits per heavy atom. The Kier molecular flexibility index (Phi) is 8.70. The SMILES string of the molecule is CCOc1cc(COc2ccccc2/C=N/NC(=O)c2ccccc2)ccc1OCc1ccccc1. The molecule has 6 nitrogen and oxygen atoms in total. The highest BCUT2D eigenvalue weighted by Gasteiger charge is 2.09. The molecule has 36 heavy (non-hydrogen) atoms. The highest BCUT2D eigenvalue weighted by Crippen LogP contribution is 2.30. The van der Waals surface area contributed by atoms with Gasteiger partial charge in [-0.15, -0.1) is 0 Å². The van der Waals surface area contributed by atoms with Gasteiger partial charge in [0.1, 0.15) is 19.0 Å². The Balaban J connectivity index is 1.39. The minimum absolute atomic E-state index is 0.275. The molecule has 1 N–H and O–H groups in total. The van der Waals surface area contributed by atoms with Crippen LogP contribution in [0.3, 0.4) is 0 Å². The Hall–Kier alpha value is -4.58. The number of hydrogen-bond donors (Lipinski definition) is 1. The monoisotopic (exact) mass is 480 g/mol. The van der Waals surface area contributed by atoms with Crippen molar-refractivity contribution in [3.8, 4) is 17.2 Å². The van der Waals surface area contributed by atoms with E-state index in [0.29, 0.717) is 42.6 Å². The van der Waals surface area contributed by atoms with Crippen LogP contribution >= 0.6 is 0 Å². The summed E-state index contributed by atoms with van der Waals surface area (Å²) in [4.78, 5) is 12.2. The second-order valence-corrected chi connectivity index (χ2v) is 7.88. The standard InChI is InChI=1S/C30H28N2O4/c1-2-34-29-19-24(17-18-28(29)36-21-23-11-5-3-6-12-23)22-35-27-16-10-9-15-26(27)20-31-32-30(33)25-13-7-4-8-14-25/h3-20H,2,21-22H2,1H3,(H,32,33)/b31-20+. The van der Waals surface area contributed by atoms with Crippen molar-refractivity contribution >= 4 is 12.1 Å². The zero-order chi connectivity index (χ0) is 25.0. The molecule has 0 saturated heterocycles. The maximum absolute atomic E-state index is 12.2. The van der Waals surface area contributed by atoms with E-state index in [2.05, 4.69) is 10.5 Å². The van der Waals surface area contributed by atoms with Crippen molar-refractivity contribution in [1.29, 1.82) is 0 Å². The first-order valence-electron chi connectivity index (χ1n) is 11.8. The van der Waals surface area contributed by atoms with Crippen LogP contribution in [0.4, 0.5) is 0 Å². The van der Waals surface area contributed by atoms with Crippen LogP contribution in [-0.4, -0.2) is 18.7 Å². The fraction of sp³-hybridized carbons (Fsp3) is 0.133. The lowest BCUT2D eigenvalue weighted by molar-refractivity contribution is 0.0955. The van der Waals surface area contributed by atoms with Gasteiger partial charge in [0.05, 0.1) is 12.8 Å². The topological polar surface area (TPSA) is 69.2 Å². The van der Waals surface area contributed by atoms with E-state index >= 15 is 0 Å². The van der Waals surface area contributed by atoms with Gasteiger partial charge in [-0.05, 0) is 54.4 Å². The molecule has 0 saturated carbocycles. The summed E-state index contributed by atoms with van der Waals surface area (Å²) in [6.45, 7) is 3.26. The Labute approximate surface area is 211 Å². The molecular formula is C30H28N2O4. The molecule has 0 fully saturated rings. The molecule has 0 unspecified atom stereocenters. The predicted molar refractivity (Wildman–Crippen MR) is 141 cm³/mol. The van der Waals surface area contributed by atoms with Crippen LogP contribution in [0.15, 0.2) is 108 Å². The number of rotatable bonds is 11. The number of hydrazone groups is 1. The van der Waals surface area contributed by atoms with Crippen LogP contribution in [-0.2, 0) is 13.2 Å². The van der Waals surface area contributed by atoms with Crippen molar-refractivity contribution in [2.75, 3.05) is 6.61 Å². The average Bonchev–Trinajstić information content (AvgIpc) is 2.93. The number of carbonyl (C=O) groups is 1. The smallest absolute Gasteiger partial charge is 0.271 e. The summed E-state index contributed by atoms with van der Waals surface area (Å²) in [5, 5.41) is 4.09. The Morgan fingerprint density at radius 1 is 0.722 bits per heavy atom. The lowest BCUT2D eigenvalue weighted by Gasteiger charge is -2.14. The Morgan fingerprint density at radius 2 is 1.39 bits per heavy atom. The first kappa shape index (κ1) is 24.5. The molecule has 6 heteroatoms. The zero-order valence-electron chi connectivity index (χ0n) is 20.1. The van der Waals surface area contributed by atoms with E-state index in [4.69, 9.17) is 14.2 Å². The quantitative estimate of drug-likeness (QED) is 0.211. The number of ether oxygens (including phenoxy) is 3. The number of para-hydroxylation sites is 1. The largest absolute Gasteiger partial charge is 0.490 e. The summed E-state index contributed by atoms with van der Waals surface area (Å²) < 4.78 is 17.9. The molecular weight excluding hydrogens is 452 g/mol. The molecule has 0 bridgehead atoms. The van der Waals surface area contributed by atoms with Crippen LogP contribution in [0.25, 0.3) is 0 Å².